The van der Waals surface area contributed by atoms with E-state index in [4.69, 9.17) is 0 Å². The molecule has 0 amide bonds. The van der Waals surface area contributed by atoms with E-state index in [2.05, 4.69) is 43.1 Å². The van der Waals surface area contributed by atoms with Crippen LogP contribution in [0.2, 0.25) is 0 Å². The fourth-order valence-electron chi connectivity index (χ4n) is 1.02. The Morgan fingerprint density at radius 2 is 2.15 bits per heavy atom. The zero-order valence-corrected chi connectivity index (χ0v) is 8.41. The van der Waals surface area contributed by atoms with Crippen LogP contribution in [0.25, 0.3) is 6.08 Å². The van der Waals surface area contributed by atoms with E-state index in [0.29, 0.717) is 0 Å². The summed E-state index contributed by atoms with van der Waals surface area (Å²) in [6.45, 7) is 6.18. The average molecular weight is 173 g/mol. The van der Waals surface area contributed by atoms with Gasteiger partial charge >= 0.3 is 0 Å². The van der Waals surface area contributed by atoms with Crippen LogP contribution in [0.3, 0.4) is 0 Å². The highest BCUT2D eigenvalue weighted by Gasteiger charge is 1.90. The van der Waals surface area contributed by atoms with Gasteiger partial charge in [0, 0.05) is 11.9 Å². The molecule has 1 heterocycles. The Hall–Kier alpha value is -1.37. The zero-order valence-electron chi connectivity index (χ0n) is 8.41. The molecule has 0 unspecified atom stereocenters. The van der Waals surface area contributed by atoms with Gasteiger partial charge in [-0.15, -0.1) is 0 Å². The Morgan fingerprint density at radius 3 is 2.77 bits per heavy atom. The standard InChI is InChI=1S/C12H15N/c1-10(2)6-4-7-12-8-5-9-13-11(12)3/h4-9H,1-3H3/b7-4-. The number of allylic oxidation sites excluding steroid dienone is 3. The van der Waals surface area contributed by atoms with Crippen LogP contribution in [0.4, 0.5) is 0 Å². The topological polar surface area (TPSA) is 12.9 Å². The van der Waals surface area contributed by atoms with E-state index >= 15 is 0 Å². The largest absolute Gasteiger partial charge is 0.261 e. The molecular weight excluding hydrogens is 158 g/mol. The van der Waals surface area contributed by atoms with Crippen molar-refractivity contribution >= 4 is 6.08 Å². The summed E-state index contributed by atoms with van der Waals surface area (Å²) in [5.41, 5.74) is 3.55. The van der Waals surface area contributed by atoms with Crippen molar-refractivity contribution in [1.29, 1.82) is 0 Å². The Balaban J connectivity index is 2.80. The molecule has 0 aliphatic rings. The third-order valence-corrected chi connectivity index (χ3v) is 1.75. The minimum Gasteiger partial charge on any atom is -0.261 e. The molecule has 0 saturated carbocycles. The number of pyridine rings is 1. The van der Waals surface area contributed by atoms with Gasteiger partial charge in [-0.3, -0.25) is 4.98 Å². The maximum Gasteiger partial charge on any atom is 0.0444 e. The monoisotopic (exact) mass is 173 g/mol. The van der Waals surface area contributed by atoms with Crippen LogP contribution in [0.5, 0.6) is 0 Å². The summed E-state index contributed by atoms with van der Waals surface area (Å²) in [4.78, 5) is 4.20. The molecule has 0 fully saturated rings. The first-order valence-electron chi connectivity index (χ1n) is 4.43. The number of aryl methyl sites for hydroxylation is 1. The summed E-state index contributed by atoms with van der Waals surface area (Å²) in [7, 11) is 0. The third-order valence-electron chi connectivity index (χ3n) is 1.75. The normalized spacial score (nSPS) is 10.4. The van der Waals surface area contributed by atoms with E-state index in [1.807, 2.05) is 19.2 Å². The molecule has 0 aliphatic heterocycles. The molecule has 0 N–H and O–H groups in total. The summed E-state index contributed by atoms with van der Waals surface area (Å²) < 4.78 is 0. The van der Waals surface area contributed by atoms with Gasteiger partial charge in [-0.1, -0.05) is 29.9 Å². The van der Waals surface area contributed by atoms with E-state index in [1.165, 1.54) is 11.1 Å². The highest BCUT2D eigenvalue weighted by molar-refractivity contribution is 5.53. The van der Waals surface area contributed by atoms with Crippen molar-refractivity contribution in [1.82, 2.24) is 4.98 Å². The van der Waals surface area contributed by atoms with Crippen LogP contribution in [-0.4, -0.2) is 4.98 Å². The summed E-state index contributed by atoms with van der Waals surface area (Å²) in [5.74, 6) is 0. The Labute approximate surface area is 79.8 Å². The molecule has 13 heavy (non-hydrogen) atoms. The van der Waals surface area contributed by atoms with E-state index in [-0.39, 0.29) is 0 Å². The minimum absolute atomic E-state index is 1.07. The lowest BCUT2D eigenvalue weighted by atomic mass is 10.2. The quantitative estimate of drug-likeness (QED) is 0.625. The highest BCUT2D eigenvalue weighted by Crippen LogP contribution is 2.06. The number of rotatable bonds is 2. The molecule has 0 bridgehead atoms. The number of hydrogen-bond acceptors (Lipinski definition) is 1. The first-order chi connectivity index (χ1) is 6.20. The highest BCUT2D eigenvalue weighted by atomic mass is 14.7. The van der Waals surface area contributed by atoms with Gasteiger partial charge in [0.1, 0.15) is 0 Å². The van der Waals surface area contributed by atoms with Crippen LogP contribution >= 0.6 is 0 Å². The molecule has 1 aromatic rings. The zero-order chi connectivity index (χ0) is 9.68. The maximum absolute atomic E-state index is 4.20. The van der Waals surface area contributed by atoms with Gasteiger partial charge in [-0.2, -0.15) is 0 Å². The van der Waals surface area contributed by atoms with Gasteiger partial charge < -0.3 is 0 Å². The van der Waals surface area contributed by atoms with Crippen LogP contribution in [0.1, 0.15) is 25.1 Å². The Kier molecular flexibility index (Phi) is 3.44. The van der Waals surface area contributed by atoms with Crippen LogP contribution in [0.15, 0.2) is 36.1 Å². The minimum atomic E-state index is 1.07. The van der Waals surface area contributed by atoms with Crippen molar-refractivity contribution in [3.63, 3.8) is 0 Å². The van der Waals surface area contributed by atoms with E-state index in [1.54, 1.807) is 0 Å². The SMILES string of the molecule is CC(C)=C/C=C\c1cccnc1C. The van der Waals surface area contributed by atoms with Crippen LogP contribution in [-0.2, 0) is 0 Å². The molecule has 1 aromatic heterocycles. The molecule has 1 nitrogen and oxygen atoms in total. The van der Waals surface area contributed by atoms with Crippen molar-refractivity contribution in [2.75, 3.05) is 0 Å². The molecule has 0 atom stereocenters. The second kappa shape index (κ2) is 4.61. The Morgan fingerprint density at radius 1 is 1.38 bits per heavy atom. The van der Waals surface area contributed by atoms with E-state index < -0.39 is 0 Å². The summed E-state index contributed by atoms with van der Waals surface area (Å²) >= 11 is 0. The van der Waals surface area contributed by atoms with Crippen LogP contribution < -0.4 is 0 Å². The molecule has 68 valence electrons. The summed E-state index contributed by atoms with van der Waals surface area (Å²) in [6.07, 6.45) is 8.04. The third kappa shape index (κ3) is 3.24. The lowest BCUT2D eigenvalue weighted by Crippen LogP contribution is -1.82. The molecular formula is C12H15N. The van der Waals surface area contributed by atoms with E-state index in [9.17, 15) is 0 Å². The van der Waals surface area contributed by atoms with Crippen molar-refractivity contribution in [2.24, 2.45) is 0 Å². The molecule has 0 spiro atoms. The van der Waals surface area contributed by atoms with Crippen molar-refractivity contribution in [3.05, 3.63) is 47.3 Å². The van der Waals surface area contributed by atoms with Crippen molar-refractivity contribution in [2.45, 2.75) is 20.8 Å². The fourth-order valence-corrected chi connectivity index (χ4v) is 1.02. The first kappa shape index (κ1) is 9.72. The van der Waals surface area contributed by atoms with Gasteiger partial charge in [0.25, 0.3) is 0 Å². The first-order valence-corrected chi connectivity index (χ1v) is 4.43. The predicted molar refractivity (Wildman–Crippen MR) is 57.4 cm³/mol. The fraction of sp³-hybridized carbons (Fsp3) is 0.250. The second-order valence-electron chi connectivity index (χ2n) is 3.28. The molecule has 0 radical (unpaired) electrons. The molecule has 0 aliphatic carbocycles. The maximum atomic E-state index is 4.20. The van der Waals surface area contributed by atoms with Gasteiger partial charge in [-0.25, -0.2) is 0 Å². The molecule has 0 saturated heterocycles. The van der Waals surface area contributed by atoms with Crippen LogP contribution in [0, 0.1) is 6.92 Å². The summed E-state index contributed by atoms with van der Waals surface area (Å²) in [6, 6.07) is 4.02. The second-order valence-corrected chi connectivity index (χ2v) is 3.28. The van der Waals surface area contributed by atoms with Gasteiger partial charge in [0.2, 0.25) is 0 Å². The molecule has 0 aromatic carbocycles. The summed E-state index contributed by atoms with van der Waals surface area (Å²) in [5, 5.41) is 0. The van der Waals surface area contributed by atoms with Crippen molar-refractivity contribution < 1.29 is 0 Å². The number of hydrogen-bond donors (Lipinski definition) is 0. The smallest absolute Gasteiger partial charge is 0.0444 e. The average Bonchev–Trinajstić information content (AvgIpc) is 2.08. The van der Waals surface area contributed by atoms with Gasteiger partial charge in [0.05, 0.1) is 0 Å². The lowest BCUT2D eigenvalue weighted by Gasteiger charge is -1.95. The molecule has 1 rings (SSSR count). The molecule has 1 heteroatoms. The Bertz CT molecular complexity index is 331. The lowest BCUT2D eigenvalue weighted by molar-refractivity contribution is 1.19. The van der Waals surface area contributed by atoms with Gasteiger partial charge in [-0.05, 0) is 32.4 Å². The van der Waals surface area contributed by atoms with E-state index in [0.717, 1.165) is 5.69 Å². The number of nitrogens with zero attached hydrogens (tertiary/aromatic N) is 1. The predicted octanol–water partition coefficient (Wildman–Crippen LogP) is 3.37. The van der Waals surface area contributed by atoms with Crippen molar-refractivity contribution in [3.8, 4) is 0 Å². The van der Waals surface area contributed by atoms with Gasteiger partial charge in [0.15, 0.2) is 0 Å². The number of aromatic nitrogens is 1.